The monoisotopic (exact) mass is 555 g/mol. The number of hydrogen-bond acceptors (Lipinski definition) is 7. The van der Waals surface area contributed by atoms with Gasteiger partial charge in [-0.3, -0.25) is 9.78 Å². The molecule has 3 aromatic rings. The second-order valence-corrected chi connectivity index (χ2v) is 14.9. The van der Waals surface area contributed by atoms with E-state index in [1.165, 1.54) is 6.20 Å². The van der Waals surface area contributed by atoms with Crippen LogP contribution in [0.5, 0.6) is 5.88 Å². The summed E-state index contributed by atoms with van der Waals surface area (Å²) in [7, 11) is -0.809. The molecule has 0 radical (unpaired) electrons. The van der Waals surface area contributed by atoms with Gasteiger partial charge in [-0.1, -0.05) is 6.07 Å². The molecule has 0 atom stereocenters. The maximum atomic E-state index is 13.3. The molecule has 0 aliphatic heterocycles. The minimum absolute atomic E-state index is 0.0494. The number of aryl methyl sites for hydroxylation is 1. The van der Waals surface area contributed by atoms with Crippen LogP contribution < -0.4 is 4.74 Å². The van der Waals surface area contributed by atoms with Crippen LogP contribution in [0.15, 0.2) is 30.6 Å². The number of carbonyl (C=O) groups is 1. The summed E-state index contributed by atoms with van der Waals surface area (Å²) in [6.45, 7) is 5.11. The van der Waals surface area contributed by atoms with Crippen LogP contribution >= 0.6 is 10.0 Å². The zero-order chi connectivity index (χ0) is 28.3. The van der Waals surface area contributed by atoms with Gasteiger partial charge in [0.15, 0.2) is 5.82 Å². The van der Waals surface area contributed by atoms with Crippen molar-refractivity contribution in [1.29, 1.82) is 0 Å². The first-order chi connectivity index (χ1) is 17.6. The first kappa shape index (κ1) is 29.4. The molecule has 0 saturated carbocycles. The van der Waals surface area contributed by atoms with Crippen molar-refractivity contribution in [2.75, 3.05) is 37.7 Å². The lowest BCUT2D eigenvalue weighted by atomic mass is 9.95. The van der Waals surface area contributed by atoms with E-state index in [0.29, 0.717) is 12.2 Å². The molecule has 0 aliphatic carbocycles. The number of hydrogen-bond donors (Lipinski definition) is 1. The summed E-state index contributed by atoms with van der Waals surface area (Å²) < 4.78 is 52.2. The lowest BCUT2D eigenvalue weighted by Gasteiger charge is -2.24. The molecular formula is C25H32F3N5O4S. The molecule has 13 heteroatoms. The molecule has 0 fully saturated rings. The summed E-state index contributed by atoms with van der Waals surface area (Å²) in [5.74, 6) is -1.19. The predicted molar refractivity (Wildman–Crippen MR) is 139 cm³/mol. The van der Waals surface area contributed by atoms with E-state index in [4.69, 9.17) is 9.47 Å². The normalized spacial score (nSPS) is 13.0. The Morgan fingerprint density at radius 1 is 1.13 bits per heavy atom. The van der Waals surface area contributed by atoms with Crippen LogP contribution in [0.3, 0.4) is 0 Å². The molecule has 0 amide bonds. The van der Waals surface area contributed by atoms with Gasteiger partial charge in [0, 0.05) is 35.3 Å². The van der Waals surface area contributed by atoms with Crippen LogP contribution in [0.4, 0.5) is 13.2 Å². The molecule has 1 N–H and O–H groups in total. The molecule has 9 nitrogen and oxygen atoms in total. The Balaban J connectivity index is 1.80. The number of aliphatic carboxylic acids is 1. The Morgan fingerprint density at radius 3 is 2.39 bits per heavy atom. The molecule has 208 valence electrons. The fourth-order valence-corrected chi connectivity index (χ4v) is 3.73. The SMILES string of the molecule is Cc1cc(OCC(C)(C)C(=O)O)ncc1-c1ccc(-c2nc(C(F)(F)F)nn2COCCS(C)(C)C)nc1. The minimum atomic E-state index is -4.71. The molecule has 3 rings (SSSR count). The van der Waals surface area contributed by atoms with Gasteiger partial charge in [-0.2, -0.15) is 13.2 Å². The Labute approximate surface area is 220 Å². The summed E-state index contributed by atoms with van der Waals surface area (Å²) in [5, 5.41) is 12.8. The highest BCUT2D eigenvalue weighted by Gasteiger charge is 2.37. The Morgan fingerprint density at radius 2 is 1.84 bits per heavy atom. The summed E-state index contributed by atoms with van der Waals surface area (Å²) in [6, 6.07) is 4.95. The third-order valence-corrected chi connectivity index (χ3v) is 6.92. The number of ether oxygens (including phenoxy) is 2. The molecule has 0 aromatic carbocycles. The van der Waals surface area contributed by atoms with Crippen LogP contribution in [0.1, 0.15) is 25.2 Å². The van der Waals surface area contributed by atoms with E-state index in [1.54, 1.807) is 38.2 Å². The van der Waals surface area contributed by atoms with Gasteiger partial charge in [-0.25, -0.2) is 24.7 Å². The number of pyridine rings is 2. The van der Waals surface area contributed by atoms with E-state index < -0.39 is 33.4 Å². The minimum Gasteiger partial charge on any atom is -0.481 e. The van der Waals surface area contributed by atoms with Crippen molar-refractivity contribution in [2.24, 2.45) is 5.41 Å². The molecule has 0 spiro atoms. The van der Waals surface area contributed by atoms with Crippen LogP contribution in [0.25, 0.3) is 22.6 Å². The number of halogens is 3. The quantitative estimate of drug-likeness (QED) is 0.333. The zero-order valence-electron chi connectivity index (χ0n) is 22.2. The van der Waals surface area contributed by atoms with Crippen molar-refractivity contribution in [1.82, 2.24) is 24.7 Å². The van der Waals surface area contributed by atoms with Crippen molar-refractivity contribution in [3.05, 3.63) is 42.0 Å². The van der Waals surface area contributed by atoms with E-state index in [-0.39, 0.29) is 30.7 Å². The highest BCUT2D eigenvalue weighted by atomic mass is 32.3. The van der Waals surface area contributed by atoms with Gasteiger partial charge < -0.3 is 14.6 Å². The van der Waals surface area contributed by atoms with E-state index >= 15 is 0 Å². The fraction of sp³-hybridized carbons (Fsp3) is 0.480. The van der Waals surface area contributed by atoms with Gasteiger partial charge >= 0.3 is 12.1 Å². The predicted octanol–water partition coefficient (Wildman–Crippen LogP) is 4.89. The van der Waals surface area contributed by atoms with E-state index in [0.717, 1.165) is 21.6 Å². The number of carboxylic acids is 1. The highest BCUT2D eigenvalue weighted by molar-refractivity contribution is 8.32. The van der Waals surface area contributed by atoms with Crippen LogP contribution in [0, 0.1) is 12.3 Å². The summed E-state index contributed by atoms with van der Waals surface area (Å²) in [6.07, 6.45) is 4.77. The van der Waals surface area contributed by atoms with Gasteiger partial charge in [0.05, 0.1) is 12.0 Å². The molecule has 0 bridgehead atoms. The Bertz CT molecular complexity index is 1270. The first-order valence-electron chi connectivity index (χ1n) is 11.6. The van der Waals surface area contributed by atoms with Gasteiger partial charge in [0.25, 0.3) is 5.82 Å². The molecule has 3 aromatic heterocycles. The first-order valence-corrected chi connectivity index (χ1v) is 14.6. The molecule has 0 unspecified atom stereocenters. The number of carboxylic acid groups (broad SMARTS) is 1. The topological polar surface area (TPSA) is 112 Å². The molecule has 0 saturated heterocycles. The summed E-state index contributed by atoms with van der Waals surface area (Å²) in [4.78, 5) is 23.5. The van der Waals surface area contributed by atoms with Crippen LogP contribution in [-0.4, -0.2) is 73.5 Å². The highest BCUT2D eigenvalue weighted by Crippen LogP contribution is 2.34. The molecule has 0 aliphatic rings. The van der Waals surface area contributed by atoms with Crippen LogP contribution in [0.2, 0.25) is 0 Å². The lowest BCUT2D eigenvalue weighted by Crippen LogP contribution is -2.30. The van der Waals surface area contributed by atoms with Crippen molar-refractivity contribution in [2.45, 2.75) is 33.7 Å². The van der Waals surface area contributed by atoms with Gasteiger partial charge in [-0.15, -0.1) is 5.10 Å². The Hall–Kier alpha value is -3.19. The maximum absolute atomic E-state index is 13.3. The fourth-order valence-electron chi connectivity index (χ4n) is 3.11. The lowest BCUT2D eigenvalue weighted by molar-refractivity contribution is -0.148. The van der Waals surface area contributed by atoms with Crippen molar-refractivity contribution < 1.29 is 32.5 Å². The van der Waals surface area contributed by atoms with E-state index in [2.05, 4.69) is 38.8 Å². The Kier molecular flexibility index (Phi) is 8.72. The maximum Gasteiger partial charge on any atom is 0.453 e. The second-order valence-electron chi connectivity index (χ2n) is 10.3. The molecular weight excluding hydrogens is 523 g/mol. The van der Waals surface area contributed by atoms with Crippen molar-refractivity contribution in [3.63, 3.8) is 0 Å². The molecule has 38 heavy (non-hydrogen) atoms. The average Bonchev–Trinajstić information content (AvgIpc) is 3.25. The number of nitrogens with zero attached hydrogens (tertiary/aromatic N) is 5. The number of aromatic nitrogens is 5. The third-order valence-electron chi connectivity index (χ3n) is 5.53. The number of alkyl halides is 3. The summed E-state index contributed by atoms with van der Waals surface area (Å²) in [5.41, 5.74) is 1.36. The third kappa shape index (κ3) is 7.67. The standard InChI is InChI=1S/C25H32F3N5O4S/c1-16-11-20(37-14-24(2,3)23(34)35)30-13-18(16)17-7-8-19(29-12-17)21-31-22(25(26,27)28)32-33(21)15-36-9-10-38(4,5)6/h7-8,11-13H,9-10,14-15H2,1-6H3,(H,34,35). The molecule has 3 heterocycles. The van der Waals surface area contributed by atoms with E-state index in [9.17, 15) is 23.1 Å². The van der Waals surface area contributed by atoms with E-state index in [1.807, 2.05) is 6.92 Å². The number of rotatable bonds is 11. The summed E-state index contributed by atoms with van der Waals surface area (Å²) >= 11 is 0. The second kappa shape index (κ2) is 11.3. The van der Waals surface area contributed by atoms with Crippen molar-refractivity contribution in [3.8, 4) is 28.5 Å². The van der Waals surface area contributed by atoms with Gasteiger partial charge in [0.1, 0.15) is 19.0 Å². The van der Waals surface area contributed by atoms with Gasteiger partial charge in [0.2, 0.25) is 5.88 Å². The smallest absolute Gasteiger partial charge is 0.453 e. The largest absolute Gasteiger partial charge is 0.481 e. The average molecular weight is 556 g/mol. The zero-order valence-corrected chi connectivity index (χ0v) is 23.0. The van der Waals surface area contributed by atoms with Crippen LogP contribution in [-0.2, 0) is 22.4 Å². The van der Waals surface area contributed by atoms with Crippen molar-refractivity contribution >= 4 is 16.0 Å². The van der Waals surface area contributed by atoms with Gasteiger partial charge in [-0.05, 0) is 51.2 Å².